The first-order chi connectivity index (χ1) is 17.8. The van der Waals surface area contributed by atoms with Gasteiger partial charge in [0.25, 0.3) is 0 Å². The molecule has 3 amide bonds. The summed E-state index contributed by atoms with van der Waals surface area (Å²) in [7, 11) is 1.89. The highest BCUT2D eigenvalue weighted by atomic mass is 19.2. The van der Waals surface area contributed by atoms with Crippen molar-refractivity contribution in [2.45, 2.75) is 83.4 Å². The number of piperidine rings is 1. The summed E-state index contributed by atoms with van der Waals surface area (Å²) in [5.74, 6) is -1.89. The predicted octanol–water partition coefficient (Wildman–Crippen LogP) is 4.53. The fourth-order valence-electron chi connectivity index (χ4n) is 5.72. The molecule has 2 aliphatic rings. The van der Waals surface area contributed by atoms with Gasteiger partial charge in [0, 0.05) is 43.2 Å². The van der Waals surface area contributed by atoms with Crippen LogP contribution in [-0.4, -0.2) is 62.2 Å². The summed E-state index contributed by atoms with van der Waals surface area (Å²) >= 11 is 0. The number of likely N-dealkylation sites (tertiary alicyclic amines) is 1. The lowest BCUT2D eigenvalue weighted by molar-refractivity contribution is -0.130. The molecule has 208 valence electrons. The van der Waals surface area contributed by atoms with Gasteiger partial charge in [-0.15, -0.1) is 0 Å². The molecular formula is C28H44F2N4O3. The van der Waals surface area contributed by atoms with Gasteiger partial charge in [-0.25, -0.2) is 13.6 Å². The van der Waals surface area contributed by atoms with E-state index in [4.69, 9.17) is 4.74 Å². The van der Waals surface area contributed by atoms with Crippen molar-refractivity contribution < 1.29 is 23.1 Å². The quantitative estimate of drug-likeness (QED) is 0.399. The highest BCUT2D eigenvalue weighted by molar-refractivity contribution is 5.77. The lowest BCUT2D eigenvalue weighted by atomic mass is 9.85. The van der Waals surface area contributed by atoms with Crippen LogP contribution in [0.4, 0.5) is 13.6 Å². The van der Waals surface area contributed by atoms with Crippen LogP contribution in [0, 0.1) is 23.5 Å². The molecule has 3 rings (SSSR count). The molecule has 3 N–H and O–H groups in total. The Labute approximate surface area is 220 Å². The third-order valence-electron chi connectivity index (χ3n) is 7.43. The van der Waals surface area contributed by atoms with E-state index < -0.39 is 17.7 Å². The maximum atomic E-state index is 14.8. The molecule has 1 aliphatic heterocycles. The number of ether oxygens (including phenoxy) is 1. The van der Waals surface area contributed by atoms with Crippen molar-refractivity contribution in [1.29, 1.82) is 0 Å². The molecule has 2 fully saturated rings. The molecule has 1 saturated carbocycles. The molecule has 1 aromatic rings. The van der Waals surface area contributed by atoms with E-state index in [-0.39, 0.29) is 42.1 Å². The standard InChI is InChI=1S/C28H44F2N4O3/c1-19(2)32-25(35)18-37-27(23-12-7-13-24(29)26(23)30)21-11-8-14-34(17-21)28(36)33-22(16-31-3)15-20-9-5-4-6-10-20/h7,12-13,19-22,27,31H,4-6,8-11,14-18H2,1-3H3,(H,32,35)(H,33,36)/t21-,22+,27?/m1/s1. The Hall–Kier alpha value is -2.26. The lowest BCUT2D eigenvalue weighted by Crippen LogP contribution is -2.52. The molecule has 1 saturated heterocycles. The van der Waals surface area contributed by atoms with Gasteiger partial charge >= 0.3 is 6.03 Å². The maximum Gasteiger partial charge on any atom is 0.317 e. The molecule has 0 radical (unpaired) electrons. The second kappa shape index (κ2) is 14.6. The number of hydrogen-bond donors (Lipinski definition) is 3. The molecular weight excluding hydrogens is 478 g/mol. The summed E-state index contributed by atoms with van der Waals surface area (Å²) in [6.45, 7) is 5.04. The zero-order chi connectivity index (χ0) is 26.8. The number of nitrogens with one attached hydrogen (secondary N) is 3. The summed E-state index contributed by atoms with van der Waals surface area (Å²) in [4.78, 5) is 27.3. The largest absolute Gasteiger partial charge is 0.363 e. The number of carbonyl (C=O) groups is 2. The first-order valence-corrected chi connectivity index (χ1v) is 13.8. The van der Waals surface area contributed by atoms with Crippen molar-refractivity contribution >= 4 is 11.9 Å². The minimum absolute atomic E-state index is 0.0356. The Morgan fingerprint density at radius 1 is 1.08 bits per heavy atom. The number of benzene rings is 1. The van der Waals surface area contributed by atoms with Crippen molar-refractivity contribution in [2.24, 2.45) is 11.8 Å². The molecule has 1 unspecified atom stereocenters. The van der Waals surface area contributed by atoms with Gasteiger partial charge in [0.2, 0.25) is 5.91 Å². The molecule has 3 atom stereocenters. The van der Waals surface area contributed by atoms with Gasteiger partial charge in [-0.05, 0) is 52.1 Å². The number of carbonyl (C=O) groups excluding carboxylic acids is 2. The first kappa shape index (κ1) is 29.3. The molecule has 1 aliphatic carbocycles. The van der Waals surface area contributed by atoms with Gasteiger partial charge < -0.3 is 25.6 Å². The minimum atomic E-state index is -0.972. The number of hydrogen-bond acceptors (Lipinski definition) is 4. The smallest absolute Gasteiger partial charge is 0.317 e. The predicted molar refractivity (Wildman–Crippen MR) is 140 cm³/mol. The van der Waals surface area contributed by atoms with Crippen LogP contribution in [0.2, 0.25) is 0 Å². The van der Waals surface area contributed by atoms with Crippen LogP contribution in [0.1, 0.15) is 76.9 Å². The van der Waals surface area contributed by atoms with Crippen LogP contribution >= 0.6 is 0 Å². The van der Waals surface area contributed by atoms with Crippen LogP contribution in [0.5, 0.6) is 0 Å². The zero-order valence-corrected chi connectivity index (χ0v) is 22.5. The third kappa shape index (κ3) is 8.92. The van der Waals surface area contributed by atoms with Crippen molar-refractivity contribution in [3.63, 3.8) is 0 Å². The van der Waals surface area contributed by atoms with E-state index in [1.54, 1.807) is 4.90 Å². The van der Waals surface area contributed by atoms with E-state index in [2.05, 4.69) is 16.0 Å². The van der Waals surface area contributed by atoms with E-state index >= 15 is 0 Å². The summed E-state index contributed by atoms with van der Waals surface area (Å²) in [6.07, 6.45) is 7.73. The highest BCUT2D eigenvalue weighted by Crippen LogP contribution is 2.35. The van der Waals surface area contributed by atoms with E-state index in [9.17, 15) is 18.4 Å². The average molecular weight is 523 g/mol. The van der Waals surface area contributed by atoms with E-state index in [0.29, 0.717) is 38.4 Å². The average Bonchev–Trinajstić information content (AvgIpc) is 2.87. The van der Waals surface area contributed by atoms with Crippen LogP contribution in [-0.2, 0) is 9.53 Å². The molecule has 1 aromatic carbocycles. The van der Waals surface area contributed by atoms with E-state index in [1.807, 2.05) is 20.9 Å². The summed E-state index contributed by atoms with van der Waals surface area (Å²) in [5.41, 5.74) is 0.0787. The fraction of sp³-hybridized carbons (Fsp3) is 0.714. The normalized spacial score (nSPS) is 20.5. The molecule has 1 heterocycles. The summed E-state index contributed by atoms with van der Waals surface area (Å²) in [6, 6.07) is 3.84. The Morgan fingerprint density at radius 2 is 1.84 bits per heavy atom. The second-order valence-corrected chi connectivity index (χ2v) is 10.9. The van der Waals surface area contributed by atoms with Crippen LogP contribution in [0.3, 0.4) is 0 Å². The minimum Gasteiger partial charge on any atom is -0.363 e. The molecule has 0 spiro atoms. The van der Waals surface area contributed by atoms with Crippen LogP contribution in [0.15, 0.2) is 18.2 Å². The maximum absolute atomic E-state index is 14.8. The molecule has 0 aromatic heterocycles. The summed E-state index contributed by atoms with van der Waals surface area (Å²) < 4.78 is 34.8. The van der Waals surface area contributed by atoms with Gasteiger partial charge in [-0.2, -0.15) is 0 Å². The number of rotatable bonds is 11. The van der Waals surface area contributed by atoms with Crippen molar-refractivity contribution in [2.75, 3.05) is 33.3 Å². The second-order valence-electron chi connectivity index (χ2n) is 10.9. The Kier molecular flexibility index (Phi) is 11.6. The number of urea groups is 1. The fourth-order valence-corrected chi connectivity index (χ4v) is 5.72. The van der Waals surface area contributed by atoms with Crippen LogP contribution in [0.25, 0.3) is 0 Å². The first-order valence-electron chi connectivity index (χ1n) is 13.8. The van der Waals surface area contributed by atoms with Crippen molar-refractivity contribution in [3.05, 3.63) is 35.4 Å². The molecule has 9 heteroatoms. The zero-order valence-electron chi connectivity index (χ0n) is 22.5. The SMILES string of the molecule is CNC[C@H](CC1CCCCC1)NC(=O)N1CCC[C@@H](C(OCC(=O)NC(C)C)c2cccc(F)c2F)C1. The van der Waals surface area contributed by atoms with Gasteiger partial charge in [0.1, 0.15) is 6.61 Å². The molecule has 0 bridgehead atoms. The monoisotopic (exact) mass is 522 g/mol. The Balaban J connectivity index is 1.69. The van der Waals surface area contributed by atoms with Gasteiger partial charge in [-0.1, -0.05) is 44.2 Å². The number of nitrogens with zero attached hydrogens (tertiary/aromatic N) is 1. The van der Waals surface area contributed by atoms with Gasteiger partial charge in [-0.3, -0.25) is 4.79 Å². The Bertz CT molecular complexity index is 879. The number of amides is 3. The van der Waals surface area contributed by atoms with E-state index in [1.165, 1.54) is 44.2 Å². The third-order valence-corrected chi connectivity index (χ3v) is 7.43. The van der Waals surface area contributed by atoms with Crippen LogP contribution < -0.4 is 16.0 Å². The topological polar surface area (TPSA) is 82.7 Å². The van der Waals surface area contributed by atoms with Crippen molar-refractivity contribution in [3.8, 4) is 0 Å². The number of halogens is 2. The highest BCUT2D eigenvalue weighted by Gasteiger charge is 2.34. The van der Waals surface area contributed by atoms with Gasteiger partial charge in [0.15, 0.2) is 11.6 Å². The summed E-state index contributed by atoms with van der Waals surface area (Å²) in [5, 5.41) is 9.17. The van der Waals surface area contributed by atoms with E-state index in [0.717, 1.165) is 12.5 Å². The lowest BCUT2D eigenvalue weighted by Gasteiger charge is -2.38. The Morgan fingerprint density at radius 3 is 2.54 bits per heavy atom. The molecule has 37 heavy (non-hydrogen) atoms. The molecule has 7 nitrogen and oxygen atoms in total. The van der Waals surface area contributed by atoms with Gasteiger partial charge in [0.05, 0.1) is 6.10 Å². The number of likely N-dealkylation sites (N-methyl/N-ethyl adjacent to an activating group) is 1. The van der Waals surface area contributed by atoms with Crippen molar-refractivity contribution in [1.82, 2.24) is 20.9 Å².